The Balaban J connectivity index is 3.09. The van der Waals surface area contributed by atoms with Gasteiger partial charge < -0.3 is 4.90 Å². The zero-order valence-electron chi connectivity index (χ0n) is 9.01. The topological polar surface area (TPSA) is 20.3 Å². The predicted molar refractivity (Wildman–Crippen MR) is 63.4 cm³/mol. The highest BCUT2D eigenvalue weighted by atomic mass is 79.9. The van der Waals surface area contributed by atoms with E-state index in [2.05, 4.69) is 15.9 Å². The molecule has 0 amide bonds. The Bertz CT molecular complexity index is 396. The predicted octanol–water partition coefficient (Wildman–Crippen LogP) is 3.35. The molecule has 1 rings (SSSR count). The second-order valence-corrected chi connectivity index (χ2v) is 4.40. The number of benzene rings is 1. The molecule has 0 atom stereocenters. The molecule has 0 radical (unpaired) electrons. The minimum absolute atomic E-state index is 0.136. The number of alkyl halides is 2. The molecular weight excluding hydrogens is 280 g/mol. The fourth-order valence-corrected chi connectivity index (χ4v) is 1.77. The number of halogens is 3. The molecular formula is C11H12BrF2NO. The van der Waals surface area contributed by atoms with Crippen LogP contribution >= 0.6 is 15.9 Å². The number of hydrogen-bond acceptors (Lipinski definition) is 2. The summed E-state index contributed by atoms with van der Waals surface area (Å²) < 4.78 is 25.3. The minimum atomic E-state index is -2.43. The van der Waals surface area contributed by atoms with Crippen molar-refractivity contribution in [2.75, 3.05) is 18.5 Å². The lowest BCUT2D eigenvalue weighted by molar-refractivity contribution is 0.101. The number of carbonyl (C=O) groups excluding carboxylic acids is 1. The minimum Gasteiger partial charge on any atom is -0.368 e. The summed E-state index contributed by atoms with van der Waals surface area (Å²) in [6.07, 6.45) is -2.43. The van der Waals surface area contributed by atoms with Gasteiger partial charge in [0.15, 0.2) is 5.78 Å². The van der Waals surface area contributed by atoms with E-state index < -0.39 is 13.0 Å². The van der Waals surface area contributed by atoms with E-state index in [4.69, 9.17) is 0 Å². The fraction of sp³-hybridized carbons (Fsp3) is 0.364. The molecule has 0 aliphatic rings. The third kappa shape index (κ3) is 3.27. The van der Waals surface area contributed by atoms with Crippen molar-refractivity contribution < 1.29 is 13.6 Å². The normalized spacial score (nSPS) is 10.6. The average molecular weight is 292 g/mol. The second kappa shape index (κ2) is 5.39. The van der Waals surface area contributed by atoms with Crippen molar-refractivity contribution in [3.8, 4) is 0 Å². The van der Waals surface area contributed by atoms with E-state index in [0.717, 1.165) is 4.47 Å². The maximum atomic E-state index is 12.3. The van der Waals surface area contributed by atoms with Gasteiger partial charge in [0.2, 0.25) is 0 Å². The van der Waals surface area contributed by atoms with E-state index in [-0.39, 0.29) is 5.78 Å². The highest BCUT2D eigenvalue weighted by molar-refractivity contribution is 9.10. The molecule has 0 aliphatic carbocycles. The van der Waals surface area contributed by atoms with E-state index in [0.29, 0.717) is 11.3 Å². The quantitative estimate of drug-likeness (QED) is 0.793. The number of nitrogens with zero attached hydrogens (tertiary/aromatic N) is 1. The summed E-state index contributed by atoms with van der Waals surface area (Å²) in [7, 11) is 1.54. The highest BCUT2D eigenvalue weighted by Gasteiger charge is 2.14. The summed E-state index contributed by atoms with van der Waals surface area (Å²) in [5, 5.41) is 0. The summed E-state index contributed by atoms with van der Waals surface area (Å²) in [5.74, 6) is -0.136. The van der Waals surface area contributed by atoms with Crippen LogP contribution in [0.2, 0.25) is 0 Å². The van der Waals surface area contributed by atoms with Crippen LogP contribution in [0.1, 0.15) is 17.3 Å². The lowest BCUT2D eigenvalue weighted by Gasteiger charge is -2.21. The van der Waals surface area contributed by atoms with Gasteiger partial charge in [0.05, 0.1) is 6.54 Å². The van der Waals surface area contributed by atoms with Gasteiger partial charge in [-0.25, -0.2) is 8.78 Å². The summed E-state index contributed by atoms with van der Waals surface area (Å²) in [6.45, 7) is 1.03. The number of hydrogen-bond donors (Lipinski definition) is 0. The van der Waals surface area contributed by atoms with Gasteiger partial charge in [0.1, 0.15) is 0 Å². The van der Waals surface area contributed by atoms with Crippen LogP contribution in [-0.2, 0) is 0 Å². The molecule has 0 saturated carbocycles. The zero-order chi connectivity index (χ0) is 12.3. The van der Waals surface area contributed by atoms with Gasteiger partial charge in [-0.05, 0) is 25.1 Å². The van der Waals surface area contributed by atoms with Crippen LogP contribution in [-0.4, -0.2) is 25.8 Å². The van der Waals surface area contributed by atoms with Crippen LogP contribution in [0.25, 0.3) is 0 Å². The van der Waals surface area contributed by atoms with Gasteiger partial charge >= 0.3 is 0 Å². The average Bonchev–Trinajstić information content (AvgIpc) is 2.15. The molecule has 16 heavy (non-hydrogen) atoms. The van der Waals surface area contributed by atoms with E-state index in [1.54, 1.807) is 25.2 Å². The van der Waals surface area contributed by atoms with Gasteiger partial charge in [-0.2, -0.15) is 0 Å². The van der Waals surface area contributed by atoms with E-state index in [1.165, 1.54) is 11.8 Å². The Labute approximate surface area is 101 Å². The SMILES string of the molecule is CC(=O)c1ccc(Br)cc1N(C)CC(F)F. The molecule has 0 aliphatic heterocycles. The van der Waals surface area contributed by atoms with Gasteiger partial charge in [0, 0.05) is 22.8 Å². The molecule has 0 aromatic heterocycles. The molecule has 0 fully saturated rings. The summed E-state index contributed by atoms with van der Waals surface area (Å²) in [6, 6.07) is 5.01. The first-order valence-corrected chi connectivity index (χ1v) is 5.51. The van der Waals surface area contributed by atoms with Gasteiger partial charge in [-0.3, -0.25) is 4.79 Å². The largest absolute Gasteiger partial charge is 0.368 e. The van der Waals surface area contributed by atoms with Crippen molar-refractivity contribution in [2.45, 2.75) is 13.3 Å². The van der Waals surface area contributed by atoms with Crippen LogP contribution in [0.5, 0.6) is 0 Å². The third-order valence-electron chi connectivity index (χ3n) is 2.16. The third-order valence-corrected chi connectivity index (χ3v) is 2.66. The van der Waals surface area contributed by atoms with Gasteiger partial charge in [-0.15, -0.1) is 0 Å². The van der Waals surface area contributed by atoms with Crippen molar-refractivity contribution in [1.82, 2.24) is 0 Å². The Morgan fingerprint density at radius 2 is 2.12 bits per heavy atom. The van der Waals surface area contributed by atoms with Crippen LogP contribution in [0.4, 0.5) is 14.5 Å². The van der Waals surface area contributed by atoms with Crippen LogP contribution in [0, 0.1) is 0 Å². The first-order valence-electron chi connectivity index (χ1n) is 4.71. The lowest BCUT2D eigenvalue weighted by atomic mass is 10.1. The summed E-state index contributed by atoms with van der Waals surface area (Å²) >= 11 is 3.25. The number of carbonyl (C=O) groups is 1. The molecule has 0 spiro atoms. The fourth-order valence-electron chi connectivity index (χ4n) is 1.42. The van der Waals surface area contributed by atoms with Crippen LogP contribution in [0.3, 0.4) is 0 Å². The molecule has 1 aromatic carbocycles. The first kappa shape index (κ1) is 13.1. The summed E-state index contributed by atoms with van der Waals surface area (Å²) in [4.78, 5) is 12.7. The Kier molecular flexibility index (Phi) is 4.41. The second-order valence-electron chi connectivity index (χ2n) is 3.49. The van der Waals surface area contributed by atoms with Crippen molar-refractivity contribution in [2.24, 2.45) is 0 Å². The van der Waals surface area contributed by atoms with Gasteiger partial charge in [0.25, 0.3) is 6.43 Å². The van der Waals surface area contributed by atoms with Crippen molar-refractivity contribution in [1.29, 1.82) is 0 Å². The molecule has 2 nitrogen and oxygen atoms in total. The van der Waals surface area contributed by atoms with Crippen LogP contribution < -0.4 is 4.90 Å². The number of rotatable bonds is 4. The number of anilines is 1. The van der Waals surface area contributed by atoms with E-state index in [1.807, 2.05) is 0 Å². The number of Topliss-reactive ketones (excluding diaryl/α,β-unsaturated/α-hetero) is 1. The maximum Gasteiger partial charge on any atom is 0.255 e. The molecule has 0 heterocycles. The Morgan fingerprint density at radius 3 is 2.62 bits per heavy atom. The van der Waals surface area contributed by atoms with E-state index in [9.17, 15) is 13.6 Å². The van der Waals surface area contributed by atoms with Gasteiger partial charge in [-0.1, -0.05) is 15.9 Å². The van der Waals surface area contributed by atoms with Crippen molar-refractivity contribution >= 4 is 27.4 Å². The molecule has 0 N–H and O–H groups in total. The molecule has 5 heteroatoms. The molecule has 0 saturated heterocycles. The monoisotopic (exact) mass is 291 g/mol. The smallest absolute Gasteiger partial charge is 0.255 e. The van der Waals surface area contributed by atoms with Crippen LogP contribution in [0.15, 0.2) is 22.7 Å². The van der Waals surface area contributed by atoms with E-state index >= 15 is 0 Å². The molecule has 1 aromatic rings. The zero-order valence-corrected chi connectivity index (χ0v) is 10.6. The first-order chi connectivity index (χ1) is 7.41. The van der Waals surface area contributed by atoms with Crippen molar-refractivity contribution in [3.05, 3.63) is 28.2 Å². The molecule has 0 bridgehead atoms. The lowest BCUT2D eigenvalue weighted by Crippen LogP contribution is -2.25. The molecule has 88 valence electrons. The van der Waals surface area contributed by atoms with Crippen molar-refractivity contribution in [3.63, 3.8) is 0 Å². The Morgan fingerprint density at radius 1 is 1.50 bits per heavy atom. The molecule has 0 unspecified atom stereocenters. The Hall–Kier alpha value is -0.970. The highest BCUT2D eigenvalue weighted by Crippen LogP contribution is 2.25. The number of ketones is 1. The summed E-state index contributed by atoms with van der Waals surface area (Å²) in [5.41, 5.74) is 0.966. The maximum absolute atomic E-state index is 12.3. The standard InChI is InChI=1S/C11H12BrF2NO/c1-7(16)9-4-3-8(12)5-10(9)15(2)6-11(13)14/h3-5,11H,6H2,1-2H3.